The number of unbranched alkanes of at least 4 members (excludes halogenated alkanes) is 1. The first-order valence-electron chi connectivity index (χ1n) is 14.1. The minimum atomic E-state index is -3.55. The van der Waals surface area contributed by atoms with Crippen molar-refractivity contribution in [3.05, 3.63) is 65.7 Å². The summed E-state index contributed by atoms with van der Waals surface area (Å²) < 4.78 is 35.4. The molecule has 2 rings (SSSR count). The number of hydrogen-bond acceptors (Lipinski definition) is 7. The third kappa shape index (κ3) is 12.1. The molecule has 2 aromatic rings. The van der Waals surface area contributed by atoms with E-state index in [2.05, 4.69) is 12.2 Å². The number of ether oxygens (including phenoxy) is 2. The van der Waals surface area contributed by atoms with Gasteiger partial charge in [0.2, 0.25) is 0 Å². The molecule has 0 fully saturated rings. The van der Waals surface area contributed by atoms with Crippen LogP contribution in [0.1, 0.15) is 58.6 Å². The molecule has 10 heteroatoms. The van der Waals surface area contributed by atoms with Crippen molar-refractivity contribution in [2.24, 2.45) is 5.92 Å². The lowest BCUT2D eigenvalue weighted by atomic mass is 10.1. The van der Waals surface area contributed by atoms with Gasteiger partial charge in [-0.1, -0.05) is 69.7 Å². The predicted molar refractivity (Wildman–Crippen MR) is 156 cm³/mol. The minimum absolute atomic E-state index is 0.0752. The summed E-state index contributed by atoms with van der Waals surface area (Å²) >= 11 is 0. The molecule has 0 spiro atoms. The summed E-state index contributed by atoms with van der Waals surface area (Å²) in [5.74, 6) is 0.254. The van der Waals surface area contributed by atoms with Crippen molar-refractivity contribution in [1.82, 2.24) is 10.2 Å². The van der Waals surface area contributed by atoms with E-state index in [1.54, 1.807) is 13.8 Å². The largest absolute Gasteiger partial charge is 0.494 e. The van der Waals surface area contributed by atoms with E-state index in [0.29, 0.717) is 13.2 Å². The van der Waals surface area contributed by atoms with E-state index in [1.165, 1.54) is 4.90 Å². The van der Waals surface area contributed by atoms with Gasteiger partial charge in [-0.15, -0.1) is 0 Å². The van der Waals surface area contributed by atoms with Crippen molar-refractivity contribution in [3.8, 4) is 5.75 Å². The summed E-state index contributed by atoms with van der Waals surface area (Å²) in [6.45, 7) is 10.8. The van der Waals surface area contributed by atoms with E-state index in [0.717, 1.165) is 29.7 Å². The van der Waals surface area contributed by atoms with Gasteiger partial charge >= 0.3 is 19.6 Å². The number of hydrogen-bond donors (Lipinski definition) is 1. The third-order valence-corrected chi connectivity index (χ3v) is 7.80. The highest BCUT2D eigenvalue weighted by Crippen LogP contribution is 2.48. The summed E-state index contributed by atoms with van der Waals surface area (Å²) in [5.41, 5.74) is 1.67. The average Bonchev–Trinajstić information content (AvgIpc) is 2.92. The average molecular weight is 577 g/mol. The summed E-state index contributed by atoms with van der Waals surface area (Å²) in [4.78, 5) is 28.1. The predicted octanol–water partition coefficient (Wildman–Crippen LogP) is 6.41. The molecule has 1 atom stereocenters. The van der Waals surface area contributed by atoms with Crippen LogP contribution in [0.4, 0.5) is 4.79 Å². The van der Waals surface area contributed by atoms with Crippen LogP contribution in [0.5, 0.6) is 5.75 Å². The monoisotopic (exact) mass is 576 g/mol. The number of rotatable bonds is 18. The number of esters is 1. The van der Waals surface area contributed by atoms with Crippen molar-refractivity contribution < 1.29 is 32.7 Å². The van der Waals surface area contributed by atoms with Crippen molar-refractivity contribution in [3.63, 3.8) is 0 Å². The third-order valence-electron chi connectivity index (χ3n) is 5.80. The van der Waals surface area contributed by atoms with Crippen LogP contribution in [-0.4, -0.2) is 55.6 Å². The fraction of sp³-hybridized carbons (Fsp3) is 0.533. The lowest BCUT2D eigenvalue weighted by Gasteiger charge is -2.30. The molecular formula is C30H45N2O7P. The number of nitrogens with zero attached hydrogens (tertiary/aromatic N) is 1. The first-order valence-corrected chi connectivity index (χ1v) is 15.8. The maximum atomic E-state index is 13.5. The van der Waals surface area contributed by atoms with Gasteiger partial charge in [-0.05, 0) is 49.4 Å². The Hall–Kier alpha value is -2.87. The van der Waals surface area contributed by atoms with Crippen molar-refractivity contribution in [1.29, 1.82) is 0 Å². The lowest BCUT2D eigenvalue weighted by molar-refractivity contribution is -0.147. The van der Waals surface area contributed by atoms with E-state index in [9.17, 15) is 14.2 Å². The van der Waals surface area contributed by atoms with Crippen LogP contribution < -0.4 is 10.1 Å². The first kappa shape index (κ1) is 33.3. The Kier molecular flexibility index (Phi) is 14.8. The normalized spacial score (nSPS) is 12.2. The van der Waals surface area contributed by atoms with E-state index in [-0.39, 0.29) is 38.4 Å². The fourth-order valence-electron chi connectivity index (χ4n) is 3.92. The van der Waals surface area contributed by atoms with Gasteiger partial charge in [-0.25, -0.2) is 9.59 Å². The van der Waals surface area contributed by atoms with Gasteiger partial charge in [0.05, 0.1) is 19.8 Å². The number of carbonyl (C=O) groups excluding carboxylic acids is 2. The molecule has 0 saturated carbocycles. The second-order valence-electron chi connectivity index (χ2n) is 9.85. The molecule has 0 unspecified atom stereocenters. The van der Waals surface area contributed by atoms with E-state index in [4.69, 9.17) is 18.5 Å². The van der Waals surface area contributed by atoms with Crippen LogP contribution >= 0.6 is 7.60 Å². The van der Waals surface area contributed by atoms with Gasteiger partial charge in [0, 0.05) is 13.0 Å². The Bertz CT molecular complexity index is 1050. The molecular weight excluding hydrogens is 531 g/mol. The van der Waals surface area contributed by atoms with Crippen LogP contribution in [-0.2, 0) is 36.2 Å². The zero-order valence-electron chi connectivity index (χ0n) is 24.5. The van der Waals surface area contributed by atoms with E-state index >= 15 is 0 Å². The molecule has 0 radical (unpaired) electrons. The van der Waals surface area contributed by atoms with Crippen LogP contribution in [0.15, 0.2) is 54.6 Å². The van der Waals surface area contributed by atoms with Crippen molar-refractivity contribution in [2.75, 3.05) is 32.7 Å². The zero-order valence-corrected chi connectivity index (χ0v) is 25.4. The van der Waals surface area contributed by atoms with Crippen molar-refractivity contribution >= 4 is 19.6 Å². The molecule has 0 heterocycles. The number of nitrogens with one attached hydrogen (secondary N) is 1. The van der Waals surface area contributed by atoms with E-state index < -0.39 is 25.6 Å². The van der Waals surface area contributed by atoms with Gasteiger partial charge < -0.3 is 28.7 Å². The molecule has 9 nitrogen and oxygen atoms in total. The standard InChI is InChI=1S/C30H45N2O7P/c1-6-9-19-36-27-17-15-25(16-18-27)20-28(29(33)37-22-26-13-11-10-12-14-26)31-30(34)32(21-24(4)5)23-40(35,38-7-2)39-8-3/h10-18,24,28H,6-9,19-23H2,1-5H3,(H,31,34)/t28-/m0/s1. The van der Waals surface area contributed by atoms with Crippen LogP contribution in [0.2, 0.25) is 0 Å². The number of urea groups is 1. The SMILES string of the molecule is CCCCOc1ccc(C[C@H](NC(=O)N(CC(C)C)CP(=O)(OCC)OCC)C(=O)OCc2ccccc2)cc1. The number of benzene rings is 2. The maximum absolute atomic E-state index is 13.5. The summed E-state index contributed by atoms with van der Waals surface area (Å²) in [7, 11) is -3.55. The number of carbonyl (C=O) groups is 2. The second-order valence-corrected chi connectivity index (χ2v) is 11.9. The highest BCUT2D eigenvalue weighted by Gasteiger charge is 2.32. The van der Waals surface area contributed by atoms with Crippen molar-refractivity contribution in [2.45, 2.75) is 66.5 Å². The second kappa shape index (κ2) is 17.7. The Morgan fingerprint density at radius 3 is 2.15 bits per heavy atom. The molecule has 0 aliphatic heterocycles. The van der Waals surface area contributed by atoms with E-state index in [1.807, 2.05) is 68.4 Å². The molecule has 40 heavy (non-hydrogen) atoms. The summed E-state index contributed by atoms with van der Waals surface area (Å²) in [6.07, 6.45) is 1.99. The topological polar surface area (TPSA) is 103 Å². The first-order chi connectivity index (χ1) is 19.2. The van der Waals surface area contributed by atoms with Crippen LogP contribution in [0, 0.1) is 5.92 Å². The summed E-state index contributed by atoms with van der Waals surface area (Å²) in [5, 5.41) is 2.82. The Balaban J connectivity index is 2.22. The maximum Gasteiger partial charge on any atom is 0.349 e. The quantitative estimate of drug-likeness (QED) is 0.124. The molecule has 0 aromatic heterocycles. The highest BCUT2D eigenvalue weighted by atomic mass is 31.2. The molecule has 2 aromatic carbocycles. The highest BCUT2D eigenvalue weighted by molar-refractivity contribution is 7.53. The molecule has 0 aliphatic carbocycles. The van der Waals surface area contributed by atoms with Gasteiger partial charge in [-0.3, -0.25) is 4.57 Å². The fourth-order valence-corrected chi connectivity index (χ4v) is 5.61. The molecule has 0 saturated heterocycles. The Labute approximate surface area is 239 Å². The van der Waals surface area contributed by atoms with Crippen LogP contribution in [0.3, 0.4) is 0 Å². The lowest BCUT2D eigenvalue weighted by Crippen LogP contribution is -2.50. The Morgan fingerprint density at radius 1 is 0.925 bits per heavy atom. The van der Waals surface area contributed by atoms with Gasteiger partial charge in [0.15, 0.2) is 0 Å². The summed E-state index contributed by atoms with van der Waals surface area (Å²) in [6, 6.07) is 15.3. The molecule has 222 valence electrons. The zero-order chi connectivity index (χ0) is 29.4. The van der Waals surface area contributed by atoms with Gasteiger partial charge in [0.25, 0.3) is 0 Å². The van der Waals surface area contributed by atoms with Gasteiger partial charge in [0.1, 0.15) is 24.7 Å². The molecule has 0 aliphatic rings. The van der Waals surface area contributed by atoms with Crippen LogP contribution in [0.25, 0.3) is 0 Å². The molecule has 0 bridgehead atoms. The molecule has 1 N–H and O–H groups in total. The smallest absolute Gasteiger partial charge is 0.349 e. The molecule has 2 amide bonds. The Morgan fingerprint density at radius 2 is 1.57 bits per heavy atom. The number of amides is 2. The van der Waals surface area contributed by atoms with Gasteiger partial charge in [-0.2, -0.15) is 0 Å². The minimum Gasteiger partial charge on any atom is -0.494 e.